The van der Waals surface area contributed by atoms with Crippen molar-refractivity contribution in [2.24, 2.45) is 5.92 Å². The van der Waals surface area contributed by atoms with E-state index >= 15 is 0 Å². The lowest BCUT2D eigenvalue weighted by atomic mass is 9.98. The third kappa shape index (κ3) is 8.08. The largest absolute Gasteiger partial charge is 0.346 e. The van der Waals surface area contributed by atoms with Gasteiger partial charge < -0.3 is 15.5 Å². The number of nitrogens with zero attached hydrogens (tertiary/aromatic N) is 3. The van der Waals surface area contributed by atoms with Crippen LogP contribution in [0.15, 0.2) is 30.7 Å². The van der Waals surface area contributed by atoms with E-state index < -0.39 is 35.2 Å². The minimum atomic E-state index is -3.15. The Balaban J connectivity index is 0.00000155. The van der Waals surface area contributed by atoms with Gasteiger partial charge in [0.15, 0.2) is 0 Å². The van der Waals surface area contributed by atoms with E-state index in [1.807, 2.05) is 46.4 Å². The lowest BCUT2D eigenvalue weighted by molar-refractivity contribution is -0.124. The summed E-state index contributed by atoms with van der Waals surface area (Å²) in [5, 5.41) is 5.77. The molecule has 3 unspecified atom stereocenters. The van der Waals surface area contributed by atoms with Crippen molar-refractivity contribution in [1.29, 1.82) is 0 Å². The molecule has 238 valence electrons. The lowest BCUT2D eigenvalue weighted by Gasteiger charge is -2.26. The predicted molar refractivity (Wildman–Crippen MR) is 165 cm³/mol. The van der Waals surface area contributed by atoms with Crippen LogP contribution in [0.5, 0.6) is 0 Å². The molecule has 1 saturated heterocycles. The first-order valence-electron chi connectivity index (χ1n) is 15.2. The zero-order valence-corrected chi connectivity index (χ0v) is 27.5. The van der Waals surface area contributed by atoms with Crippen molar-refractivity contribution in [1.82, 2.24) is 25.5 Å². The van der Waals surface area contributed by atoms with Gasteiger partial charge in [-0.2, -0.15) is 0 Å². The molecule has 0 aromatic carbocycles. The van der Waals surface area contributed by atoms with E-state index in [0.29, 0.717) is 24.1 Å². The van der Waals surface area contributed by atoms with Gasteiger partial charge in [0.1, 0.15) is 5.54 Å². The number of hydrogen-bond donors (Lipinski definition) is 2. The molecular formula is C32H46ClF2N5O3. The second kappa shape index (κ2) is 15.0. The number of nitrogens with one attached hydrogen (secondary N) is 2. The Morgan fingerprint density at radius 3 is 2.07 bits per heavy atom. The minimum absolute atomic E-state index is 0.0495. The molecule has 1 aliphatic carbocycles. The van der Waals surface area contributed by atoms with Gasteiger partial charge in [-0.1, -0.05) is 53.1 Å². The van der Waals surface area contributed by atoms with Crippen molar-refractivity contribution in [3.8, 4) is 0 Å². The van der Waals surface area contributed by atoms with Crippen molar-refractivity contribution in [2.45, 2.75) is 118 Å². The number of carbonyl (C=O) groups is 3. The lowest BCUT2D eigenvalue weighted by Crippen LogP contribution is -2.49. The van der Waals surface area contributed by atoms with Crippen molar-refractivity contribution >= 4 is 29.3 Å². The van der Waals surface area contributed by atoms with Crippen LogP contribution in [0, 0.1) is 5.92 Å². The highest BCUT2D eigenvalue weighted by Crippen LogP contribution is 2.38. The van der Waals surface area contributed by atoms with Crippen LogP contribution in [0.1, 0.15) is 126 Å². The zero-order valence-electron chi connectivity index (χ0n) is 26.7. The van der Waals surface area contributed by atoms with E-state index in [-0.39, 0.29) is 34.1 Å². The number of alkyl halides is 2. The van der Waals surface area contributed by atoms with Gasteiger partial charge in [-0.05, 0) is 58.6 Å². The average molecular weight is 622 g/mol. The van der Waals surface area contributed by atoms with Crippen molar-refractivity contribution in [2.75, 3.05) is 0 Å². The third-order valence-electron chi connectivity index (χ3n) is 7.71. The molecule has 3 atom stereocenters. The number of rotatable bonds is 8. The smallest absolute Gasteiger partial charge is 0.276 e. The molecule has 2 aliphatic rings. The normalized spacial score (nSPS) is 19.3. The molecule has 0 bridgehead atoms. The number of halogens is 3. The quantitative estimate of drug-likeness (QED) is 0.328. The van der Waals surface area contributed by atoms with Crippen LogP contribution in [0.4, 0.5) is 8.78 Å². The fourth-order valence-electron chi connectivity index (χ4n) is 4.93. The Morgan fingerprint density at radius 2 is 1.56 bits per heavy atom. The SMILES string of the molecule is CC.CC.CC(NC(=O)C1(NC(=O)c2cncc(C(F)(F)C(C)C)c2)CC1)c1ncc(C(=O)N2C(C)CCC2C)cc1Cl. The molecule has 4 rings (SSSR count). The van der Waals surface area contributed by atoms with E-state index in [1.54, 1.807) is 13.0 Å². The maximum atomic E-state index is 14.4. The van der Waals surface area contributed by atoms with Crippen LogP contribution in [-0.2, 0) is 10.7 Å². The van der Waals surface area contributed by atoms with Crippen LogP contribution in [0.3, 0.4) is 0 Å². The highest BCUT2D eigenvalue weighted by Gasteiger charge is 2.52. The van der Waals surface area contributed by atoms with Crippen LogP contribution in [0.2, 0.25) is 5.02 Å². The second-order valence-electron chi connectivity index (χ2n) is 11.1. The molecule has 3 amide bonds. The molecule has 3 heterocycles. The number of pyridine rings is 2. The van der Waals surface area contributed by atoms with E-state index in [1.165, 1.54) is 26.2 Å². The van der Waals surface area contributed by atoms with Crippen LogP contribution in [0.25, 0.3) is 0 Å². The fraction of sp³-hybridized carbons (Fsp3) is 0.594. The predicted octanol–water partition coefficient (Wildman–Crippen LogP) is 7.08. The molecule has 1 saturated carbocycles. The molecule has 43 heavy (non-hydrogen) atoms. The van der Waals surface area contributed by atoms with Gasteiger partial charge in [-0.15, -0.1) is 0 Å². The maximum Gasteiger partial charge on any atom is 0.276 e. The number of hydrogen-bond acceptors (Lipinski definition) is 5. The Hall–Kier alpha value is -3.14. The maximum absolute atomic E-state index is 14.4. The average Bonchev–Trinajstić information content (AvgIpc) is 3.70. The van der Waals surface area contributed by atoms with Crippen molar-refractivity contribution < 1.29 is 23.2 Å². The van der Waals surface area contributed by atoms with E-state index in [9.17, 15) is 23.2 Å². The summed E-state index contributed by atoms with van der Waals surface area (Å²) >= 11 is 6.48. The Kier molecular flexibility index (Phi) is 12.6. The Labute approximate surface area is 259 Å². The fourth-order valence-corrected chi connectivity index (χ4v) is 5.26. The van der Waals surface area contributed by atoms with E-state index in [0.717, 1.165) is 25.1 Å². The second-order valence-corrected chi connectivity index (χ2v) is 11.5. The number of aromatic nitrogens is 2. The molecular weight excluding hydrogens is 576 g/mol. The summed E-state index contributed by atoms with van der Waals surface area (Å²) in [7, 11) is 0. The molecule has 2 aromatic heterocycles. The van der Waals surface area contributed by atoms with E-state index in [4.69, 9.17) is 11.6 Å². The minimum Gasteiger partial charge on any atom is -0.346 e. The molecule has 0 spiro atoms. The van der Waals surface area contributed by atoms with Crippen molar-refractivity contribution in [3.05, 3.63) is 58.1 Å². The van der Waals surface area contributed by atoms with Gasteiger partial charge in [0.25, 0.3) is 17.7 Å². The van der Waals surface area contributed by atoms with Gasteiger partial charge in [-0.25, -0.2) is 8.78 Å². The Bertz CT molecular complexity index is 1280. The summed E-state index contributed by atoms with van der Waals surface area (Å²) in [6, 6.07) is 2.34. The number of amides is 3. The first-order valence-corrected chi connectivity index (χ1v) is 15.6. The Morgan fingerprint density at radius 1 is 0.977 bits per heavy atom. The zero-order chi connectivity index (χ0) is 32.7. The van der Waals surface area contributed by atoms with E-state index in [2.05, 4.69) is 20.6 Å². The molecule has 1 aliphatic heterocycles. The molecule has 2 fully saturated rings. The summed E-state index contributed by atoms with van der Waals surface area (Å²) in [4.78, 5) is 49.0. The molecule has 2 aromatic rings. The molecule has 8 nitrogen and oxygen atoms in total. The highest BCUT2D eigenvalue weighted by molar-refractivity contribution is 6.31. The van der Waals surface area contributed by atoms with Gasteiger partial charge in [0.2, 0.25) is 5.91 Å². The van der Waals surface area contributed by atoms with Gasteiger partial charge in [0, 0.05) is 42.2 Å². The van der Waals surface area contributed by atoms with Gasteiger partial charge >= 0.3 is 0 Å². The third-order valence-corrected chi connectivity index (χ3v) is 8.01. The standard InChI is InChI=1S/C28H34ClF2N5O3.2C2H6/c1-15(2)28(30,31)21-10-19(12-32-14-21)24(37)35-27(8-9-27)26(39)34-18(5)23-22(29)11-20(13-33-23)25(38)36-16(3)6-7-17(36)4;2*1-2/h10-18H,6-9H2,1-5H3,(H,34,39)(H,35,37);2*1-2H3. The monoisotopic (exact) mass is 621 g/mol. The van der Waals surface area contributed by atoms with Gasteiger partial charge in [-0.3, -0.25) is 24.4 Å². The van der Waals surface area contributed by atoms with Crippen LogP contribution >= 0.6 is 11.6 Å². The van der Waals surface area contributed by atoms with Crippen molar-refractivity contribution in [3.63, 3.8) is 0 Å². The number of carbonyl (C=O) groups excluding carboxylic acids is 3. The summed E-state index contributed by atoms with van der Waals surface area (Å²) in [6.45, 7) is 16.5. The first-order chi connectivity index (χ1) is 20.3. The molecule has 2 N–H and O–H groups in total. The summed E-state index contributed by atoms with van der Waals surface area (Å²) in [5.74, 6) is -5.34. The first kappa shape index (κ1) is 36.1. The summed E-state index contributed by atoms with van der Waals surface area (Å²) < 4.78 is 28.9. The molecule has 11 heteroatoms. The highest BCUT2D eigenvalue weighted by atomic mass is 35.5. The van der Waals surface area contributed by atoms with Gasteiger partial charge in [0.05, 0.1) is 27.9 Å². The van der Waals surface area contributed by atoms with Crippen LogP contribution in [-0.4, -0.2) is 50.2 Å². The summed E-state index contributed by atoms with van der Waals surface area (Å²) in [6.07, 6.45) is 6.38. The molecule has 0 radical (unpaired) electrons. The topological polar surface area (TPSA) is 104 Å². The summed E-state index contributed by atoms with van der Waals surface area (Å²) in [5.41, 5.74) is -0.797. The number of likely N-dealkylation sites (tertiary alicyclic amines) is 1. The van der Waals surface area contributed by atoms with Crippen LogP contribution < -0.4 is 10.6 Å².